The number of anilines is 3. The number of nitrogens with zero attached hydrogens (tertiary/aromatic N) is 4. The van der Waals surface area contributed by atoms with E-state index in [0.29, 0.717) is 31.9 Å². The number of amides is 1. The highest BCUT2D eigenvalue weighted by Gasteiger charge is 2.37. The van der Waals surface area contributed by atoms with Gasteiger partial charge in [-0.15, -0.1) is 0 Å². The van der Waals surface area contributed by atoms with Crippen LogP contribution in [0.2, 0.25) is 0 Å². The van der Waals surface area contributed by atoms with Gasteiger partial charge in [0.2, 0.25) is 5.91 Å². The van der Waals surface area contributed by atoms with E-state index in [1.54, 1.807) is 11.1 Å². The molecule has 1 aromatic heterocycles. The van der Waals surface area contributed by atoms with Crippen LogP contribution in [0.25, 0.3) is 0 Å². The first kappa shape index (κ1) is 18.3. The Morgan fingerprint density at radius 2 is 1.89 bits per heavy atom. The molecule has 0 aliphatic carbocycles. The normalized spacial score (nSPS) is 19.1. The standard InChI is InChI=1S/C20H19F3N4O/c1-2-18(28)25-10-11-26-16(12-25)13-27(17-4-3-9-24-19(17)26)15-7-5-14(6-8-15)20(21,22)23/h2-9,16H,1,10-13H2/t16-/m1/s1. The summed E-state index contributed by atoms with van der Waals surface area (Å²) in [5.74, 6) is 0.664. The molecule has 2 aliphatic heterocycles. The lowest BCUT2D eigenvalue weighted by molar-refractivity contribution is -0.137. The van der Waals surface area contributed by atoms with Gasteiger partial charge in [0, 0.05) is 38.1 Å². The monoisotopic (exact) mass is 388 g/mol. The molecule has 28 heavy (non-hydrogen) atoms. The van der Waals surface area contributed by atoms with Crippen LogP contribution in [0.3, 0.4) is 0 Å². The Labute approximate surface area is 160 Å². The summed E-state index contributed by atoms with van der Waals surface area (Å²) in [5, 5.41) is 0. The van der Waals surface area contributed by atoms with Crippen LogP contribution in [0.15, 0.2) is 55.3 Å². The summed E-state index contributed by atoms with van der Waals surface area (Å²) in [7, 11) is 0. The van der Waals surface area contributed by atoms with Crippen molar-refractivity contribution in [2.24, 2.45) is 0 Å². The third-order valence-corrected chi connectivity index (χ3v) is 5.20. The van der Waals surface area contributed by atoms with Crippen LogP contribution in [-0.2, 0) is 11.0 Å². The van der Waals surface area contributed by atoms with Gasteiger partial charge in [0.1, 0.15) is 0 Å². The first-order chi connectivity index (χ1) is 13.4. The van der Waals surface area contributed by atoms with Crippen LogP contribution < -0.4 is 9.80 Å². The minimum Gasteiger partial charge on any atom is -0.347 e. The van der Waals surface area contributed by atoms with Crippen LogP contribution in [-0.4, -0.2) is 48.0 Å². The highest BCUT2D eigenvalue weighted by molar-refractivity contribution is 5.87. The number of fused-ring (bicyclic) bond motifs is 3. The number of carbonyl (C=O) groups is 1. The number of rotatable bonds is 2. The number of piperazine rings is 1. The topological polar surface area (TPSA) is 39.7 Å². The van der Waals surface area contributed by atoms with Crippen LogP contribution >= 0.6 is 0 Å². The van der Waals surface area contributed by atoms with Crippen molar-refractivity contribution in [1.29, 1.82) is 0 Å². The molecule has 1 atom stereocenters. The van der Waals surface area contributed by atoms with Crippen molar-refractivity contribution >= 4 is 23.1 Å². The largest absolute Gasteiger partial charge is 0.416 e. The van der Waals surface area contributed by atoms with E-state index < -0.39 is 11.7 Å². The lowest BCUT2D eigenvalue weighted by Gasteiger charge is -2.48. The van der Waals surface area contributed by atoms with E-state index in [2.05, 4.69) is 16.5 Å². The highest BCUT2D eigenvalue weighted by atomic mass is 19.4. The third-order valence-electron chi connectivity index (χ3n) is 5.20. The molecular weight excluding hydrogens is 369 g/mol. The number of pyridine rings is 1. The van der Waals surface area contributed by atoms with Gasteiger partial charge in [0.15, 0.2) is 5.82 Å². The minimum atomic E-state index is -4.37. The molecule has 1 aromatic carbocycles. The van der Waals surface area contributed by atoms with Crippen LogP contribution in [0.1, 0.15) is 5.56 Å². The zero-order chi connectivity index (χ0) is 19.9. The van der Waals surface area contributed by atoms with Gasteiger partial charge in [-0.05, 0) is 42.5 Å². The number of alkyl halides is 3. The van der Waals surface area contributed by atoms with Crippen molar-refractivity contribution in [1.82, 2.24) is 9.88 Å². The molecule has 1 saturated heterocycles. The van der Waals surface area contributed by atoms with Gasteiger partial charge in [0.05, 0.1) is 17.3 Å². The van der Waals surface area contributed by atoms with Gasteiger partial charge in [-0.2, -0.15) is 13.2 Å². The zero-order valence-corrected chi connectivity index (χ0v) is 15.1. The first-order valence-corrected chi connectivity index (χ1v) is 8.96. The zero-order valence-electron chi connectivity index (χ0n) is 15.1. The first-order valence-electron chi connectivity index (χ1n) is 8.96. The summed E-state index contributed by atoms with van der Waals surface area (Å²) in [6.07, 6.45) is -1.36. The fourth-order valence-corrected chi connectivity index (χ4v) is 3.82. The second-order valence-corrected chi connectivity index (χ2v) is 6.84. The average molecular weight is 388 g/mol. The highest BCUT2D eigenvalue weighted by Crippen LogP contribution is 2.40. The molecule has 1 amide bonds. The van der Waals surface area contributed by atoms with E-state index >= 15 is 0 Å². The fourth-order valence-electron chi connectivity index (χ4n) is 3.82. The predicted octanol–water partition coefficient (Wildman–Crippen LogP) is 3.46. The second-order valence-electron chi connectivity index (χ2n) is 6.84. The number of benzene rings is 1. The van der Waals surface area contributed by atoms with E-state index in [1.165, 1.54) is 18.2 Å². The lowest BCUT2D eigenvalue weighted by Crippen LogP contribution is -2.60. The Morgan fingerprint density at radius 1 is 1.14 bits per heavy atom. The Balaban J connectivity index is 1.68. The van der Waals surface area contributed by atoms with Gasteiger partial charge < -0.3 is 14.7 Å². The van der Waals surface area contributed by atoms with Gasteiger partial charge in [0.25, 0.3) is 0 Å². The molecule has 4 rings (SSSR count). The molecule has 0 unspecified atom stereocenters. The van der Waals surface area contributed by atoms with Gasteiger partial charge in [-0.3, -0.25) is 4.79 Å². The van der Waals surface area contributed by atoms with Crippen molar-refractivity contribution in [2.75, 3.05) is 36.0 Å². The van der Waals surface area contributed by atoms with Gasteiger partial charge in [-0.25, -0.2) is 4.98 Å². The quantitative estimate of drug-likeness (QED) is 0.739. The molecule has 1 fully saturated rings. The maximum atomic E-state index is 12.9. The molecule has 2 aliphatic rings. The van der Waals surface area contributed by atoms with Crippen LogP contribution in [0, 0.1) is 0 Å². The molecule has 0 saturated carbocycles. The Hall–Kier alpha value is -3.03. The Kier molecular flexibility index (Phi) is 4.49. The minimum absolute atomic E-state index is 0.0117. The maximum Gasteiger partial charge on any atom is 0.416 e. The molecule has 0 radical (unpaired) electrons. The molecule has 146 valence electrons. The van der Waals surface area contributed by atoms with Crippen molar-refractivity contribution < 1.29 is 18.0 Å². The van der Waals surface area contributed by atoms with E-state index in [0.717, 1.165) is 23.6 Å². The number of hydrogen-bond donors (Lipinski definition) is 0. The van der Waals surface area contributed by atoms with Crippen molar-refractivity contribution in [3.63, 3.8) is 0 Å². The van der Waals surface area contributed by atoms with Crippen LogP contribution in [0.5, 0.6) is 0 Å². The van der Waals surface area contributed by atoms with Gasteiger partial charge in [-0.1, -0.05) is 6.58 Å². The van der Waals surface area contributed by atoms with Crippen molar-refractivity contribution in [3.05, 3.63) is 60.8 Å². The summed E-state index contributed by atoms with van der Waals surface area (Å²) < 4.78 is 38.7. The Bertz CT molecular complexity index is 897. The maximum absolute atomic E-state index is 12.9. The lowest BCUT2D eigenvalue weighted by atomic mass is 10.0. The van der Waals surface area contributed by atoms with Crippen molar-refractivity contribution in [2.45, 2.75) is 12.2 Å². The summed E-state index contributed by atoms with van der Waals surface area (Å²) in [5.41, 5.74) is 0.831. The fraction of sp³-hybridized carbons (Fsp3) is 0.300. The Morgan fingerprint density at radius 3 is 2.57 bits per heavy atom. The van der Waals surface area contributed by atoms with E-state index in [1.807, 2.05) is 17.0 Å². The summed E-state index contributed by atoms with van der Waals surface area (Å²) in [4.78, 5) is 22.4. The van der Waals surface area contributed by atoms with E-state index in [4.69, 9.17) is 0 Å². The predicted molar refractivity (Wildman–Crippen MR) is 101 cm³/mol. The summed E-state index contributed by atoms with van der Waals surface area (Å²) in [6, 6.07) is 8.85. The molecule has 8 heteroatoms. The SMILES string of the molecule is C=CC(=O)N1CCN2c3ncccc3N(c3ccc(C(F)(F)F)cc3)C[C@H]2C1. The second kappa shape index (κ2) is 6.85. The molecular formula is C20H19F3N4O. The van der Waals surface area contributed by atoms with E-state index in [-0.39, 0.29) is 11.9 Å². The number of aromatic nitrogens is 1. The molecule has 2 aromatic rings. The average Bonchev–Trinajstić information content (AvgIpc) is 2.71. The smallest absolute Gasteiger partial charge is 0.347 e. The molecule has 0 spiro atoms. The van der Waals surface area contributed by atoms with Crippen molar-refractivity contribution in [3.8, 4) is 0 Å². The molecule has 3 heterocycles. The summed E-state index contributed by atoms with van der Waals surface area (Å²) >= 11 is 0. The van der Waals surface area contributed by atoms with Gasteiger partial charge >= 0.3 is 6.18 Å². The van der Waals surface area contributed by atoms with E-state index in [9.17, 15) is 18.0 Å². The molecule has 5 nitrogen and oxygen atoms in total. The molecule has 0 N–H and O–H groups in total. The number of hydrogen-bond acceptors (Lipinski definition) is 4. The molecule has 0 bridgehead atoms. The van der Waals surface area contributed by atoms with Crippen LogP contribution in [0.4, 0.5) is 30.4 Å². The number of halogens is 3. The third kappa shape index (κ3) is 3.19. The summed E-state index contributed by atoms with van der Waals surface area (Å²) in [6.45, 7) is 5.83. The number of carbonyl (C=O) groups excluding carboxylic acids is 1.